The van der Waals surface area contributed by atoms with Gasteiger partial charge in [-0.15, -0.1) is 0 Å². The minimum atomic E-state index is -3.25. The fourth-order valence-corrected chi connectivity index (χ4v) is 0.419. The number of carbonyl (C=O) groups is 1. The van der Waals surface area contributed by atoms with Crippen molar-refractivity contribution >= 4 is 35.5 Å². The first kappa shape index (κ1) is 14.9. The Bertz CT molecular complexity index is 259. The number of hydrogen-bond acceptors (Lipinski definition) is 4. The van der Waals surface area contributed by atoms with Crippen molar-refractivity contribution in [2.24, 2.45) is 0 Å². The summed E-state index contributed by atoms with van der Waals surface area (Å²) in [6.45, 7) is 0. The topological polar surface area (TPSA) is 70.3 Å². The summed E-state index contributed by atoms with van der Waals surface area (Å²) in [5, 5.41) is 16.6. The first-order valence-corrected chi connectivity index (χ1v) is 2.74. The first-order valence-electron chi connectivity index (χ1n) is 2.74. The molecule has 0 aromatic rings. The molecule has 0 aromatic carbocycles. The maximum atomic E-state index is 11.7. The molecule has 0 bridgehead atoms. The van der Waals surface area contributed by atoms with Gasteiger partial charge in [0, 0.05) is 0 Å². The van der Waals surface area contributed by atoms with Gasteiger partial charge in [-0.1, -0.05) is 0 Å². The Balaban J connectivity index is 0. The van der Waals surface area contributed by atoms with Crippen molar-refractivity contribution in [2.75, 3.05) is 7.11 Å². The summed E-state index contributed by atoms with van der Waals surface area (Å²) in [5.74, 6) is -2.85. The summed E-state index contributed by atoms with van der Waals surface area (Å²) in [6.07, 6.45) is -3.25. The second-order valence-electron chi connectivity index (χ2n) is 1.66. The number of allylic oxidation sites excluding steroid dienone is 1. The summed E-state index contributed by atoms with van der Waals surface area (Å²) in [5.41, 5.74) is -1.08. The van der Waals surface area contributed by atoms with E-state index in [1.165, 1.54) is 0 Å². The van der Waals surface area contributed by atoms with Gasteiger partial charge in [-0.3, -0.25) is 0 Å². The Hall–Kier alpha value is -0.640. The zero-order valence-electron chi connectivity index (χ0n) is 6.04. The van der Waals surface area contributed by atoms with Crippen molar-refractivity contribution in [3.8, 4) is 6.07 Å². The van der Waals surface area contributed by atoms with Crippen molar-refractivity contribution < 1.29 is 23.4 Å². The predicted octanol–water partition coefficient (Wildman–Crippen LogP) is 0.112. The number of ether oxygens (including phenoxy) is 1. The normalized spacial score (nSPS) is 11.0. The number of rotatable bonds is 2. The Morgan fingerprint density at radius 1 is 1.62 bits per heavy atom. The van der Waals surface area contributed by atoms with Crippen LogP contribution >= 0.6 is 0 Å². The summed E-state index contributed by atoms with van der Waals surface area (Å²) < 4.78 is 27.4. The van der Waals surface area contributed by atoms with E-state index in [0.717, 1.165) is 13.2 Å². The van der Waals surface area contributed by atoms with Crippen molar-refractivity contribution in [3.63, 3.8) is 0 Å². The molecular weight excluding hydrogens is 195 g/mol. The van der Waals surface area contributed by atoms with E-state index in [9.17, 15) is 13.6 Å². The number of aliphatic hydroxyl groups excluding tert-OH is 1. The number of hydrogen-bond donors (Lipinski definition) is 1. The molecular formula is C6H6F2NNaO3. The van der Waals surface area contributed by atoms with Crippen LogP contribution in [0.3, 0.4) is 0 Å². The molecule has 0 aromatic heterocycles. The van der Waals surface area contributed by atoms with Gasteiger partial charge in [-0.25, -0.2) is 13.6 Å². The fraction of sp³-hybridized carbons (Fsp3) is 0.333. The third-order valence-electron chi connectivity index (χ3n) is 0.964. The van der Waals surface area contributed by atoms with Gasteiger partial charge in [-0.05, 0) is 0 Å². The summed E-state index contributed by atoms with van der Waals surface area (Å²) in [4.78, 5) is 10.5. The number of aliphatic hydroxyl groups is 1. The molecule has 1 N–H and O–H groups in total. The van der Waals surface area contributed by atoms with Crippen LogP contribution in [0.4, 0.5) is 8.78 Å². The molecule has 0 saturated heterocycles. The van der Waals surface area contributed by atoms with Gasteiger partial charge in [0.25, 0.3) is 6.43 Å². The summed E-state index contributed by atoms with van der Waals surface area (Å²) in [7, 11) is 0.915. The van der Waals surface area contributed by atoms with Crippen LogP contribution in [0, 0.1) is 11.3 Å². The zero-order valence-corrected chi connectivity index (χ0v) is 6.04. The Kier molecular flexibility index (Phi) is 7.81. The molecule has 0 spiro atoms. The van der Waals surface area contributed by atoms with Crippen LogP contribution < -0.4 is 0 Å². The predicted molar refractivity (Wildman–Crippen MR) is 40.4 cm³/mol. The zero-order chi connectivity index (χ0) is 9.72. The van der Waals surface area contributed by atoms with Crippen LogP contribution in [-0.4, -0.2) is 54.2 Å². The molecule has 0 saturated carbocycles. The second kappa shape index (κ2) is 6.83. The fourth-order valence-electron chi connectivity index (χ4n) is 0.419. The summed E-state index contributed by atoms with van der Waals surface area (Å²) in [6, 6.07) is 1.11. The number of nitrogens with zero attached hydrogens (tertiary/aromatic N) is 1. The number of halogens is 2. The molecule has 13 heavy (non-hydrogen) atoms. The van der Waals surface area contributed by atoms with Crippen LogP contribution in [-0.2, 0) is 9.53 Å². The van der Waals surface area contributed by atoms with E-state index in [4.69, 9.17) is 10.4 Å². The van der Waals surface area contributed by atoms with Crippen LogP contribution in [0.2, 0.25) is 0 Å². The second-order valence-corrected chi connectivity index (χ2v) is 1.66. The molecule has 0 fully saturated rings. The van der Waals surface area contributed by atoms with E-state index >= 15 is 0 Å². The number of nitriles is 1. The maximum absolute atomic E-state index is 11.7. The Labute approximate surface area is 95.1 Å². The van der Waals surface area contributed by atoms with Gasteiger partial charge >= 0.3 is 35.5 Å². The number of methoxy groups -OCH3 is 1. The van der Waals surface area contributed by atoms with Crippen molar-refractivity contribution in [1.29, 1.82) is 5.26 Å². The van der Waals surface area contributed by atoms with E-state index in [-0.39, 0.29) is 29.6 Å². The Morgan fingerprint density at radius 3 is 2.31 bits per heavy atom. The summed E-state index contributed by atoms with van der Waals surface area (Å²) >= 11 is 0. The number of alkyl halides is 2. The SMILES string of the molecule is COC(=O)C(C#N)=C(O)C(F)F.[NaH]. The van der Waals surface area contributed by atoms with Crippen LogP contribution in [0.25, 0.3) is 0 Å². The van der Waals surface area contributed by atoms with Gasteiger partial charge in [0.1, 0.15) is 6.07 Å². The molecule has 0 unspecified atom stereocenters. The molecule has 0 aliphatic heterocycles. The third kappa shape index (κ3) is 4.22. The monoisotopic (exact) mass is 201 g/mol. The third-order valence-corrected chi connectivity index (χ3v) is 0.964. The molecule has 0 amide bonds. The average molecular weight is 201 g/mol. The van der Waals surface area contributed by atoms with Crippen molar-refractivity contribution in [2.45, 2.75) is 6.43 Å². The van der Waals surface area contributed by atoms with E-state index in [0.29, 0.717) is 0 Å². The molecule has 0 rings (SSSR count). The van der Waals surface area contributed by atoms with E-state index in [2.05, 4.69) is 4.74 Å². The molecule has 68 valence electrons. The molecule has 0 atom stereocenters. The van der Waals surface area contributed by atoms with E-state index in [1.807, 2.05) is 0 Å². The van der Waals surface area contributed by atoms with Crippen LogP contribution in [0.1, 0.15) is 0 Å². The van der Waals surface area contributed by atoms with Crippen LogP contribution in [0.5, 0.6) is 0 Å². The van der Waals surface area contributed by atoms with Crippen molar-refractivity contribution in [1.82, 2.24) is 0 Å². The standard InChI is InChI=1S/C6H5F2NO3.Na.H/c1-12-6(11)3(2-9)4(10)5(7)8;;/h5,10H,1H3;;. The minimum absolute atomic E-state index is 0. The van der Waals surface area contributed by atoms with Gasteiger partial charge < -0.3 is 9.84 Å². The van der Waals surface area contributed by atoms with Gasteiger partial charge in [0.2, 0.25) is 0 Å². The van der Waals surface area contributed by atoms with E-state index < -0.39 is 23.7 Å². The van der Waals surface area contributed by atoms with Gasteiger partial charge in [-0.2, -0.15) is 5.26 Å². The number of carbonyl (C=O) groups excluding carboxylic acids is 1. The molecule has 7 heteroatoms. The molecule has 0 heterocycles. The number of esters is 1. The molecule has 0 aliphatic carbocycles. The van der Waals surface area contributed by atoms with E-state index in [1.54, 1.807) is 0 Å². The van der Waals surface area contributed by atoms with Crippen molar-refractivity contribution in [3.05, 3.63) is 11.3 Å². The quantitative estimate of drug-likeness (QED) is 0.226. The average Bonchev–Trinajstić information content (AvgIpc) is 2.05. The molecule has 0 aliphatic rings. The first-order chi connectivity index (χ1) is 5.54. The van der Waals surface area contributed by atoms with Gasteiger partial charge in [0.15, 0.2) is 11.3 Å². The van der Waals surface area contributed by atoms with Gasteiger partial charge in [0.05, 0.1) is 7.11 Å². The van der Waals surface area contributed by atoms with Crippen LogP contribution in [0.15, 0.2) is 11.3 Å². The molecule has 0 radical (unpaired) electrons. The molecule has 4 nitrogen and oxygen atoms in total. The Morgan fingerprint density at radius 2 is 2.08 bits per heavy atom.